The number of hydrogen-bond donors (Lipinski definition) is 2. The molecule has 6 heteroatoms. The molecule has 106 valence electrons. The number of anilines is 1. The molecule has 0 spiro atoms. The maximum Gasteiger partial charge on any atom is 0.238 e. The number of nitrogens with one attached hydrogen (secondary N) is 2. The van der Waals surface area contributed by atoms with Crippen molar-refractivity contribution in [2.24, 2.45) is 0 Å². The van der Waals surface area contributed by atoms with Crippen molar-refractivity contribution in [3.63, 3.8) is 0 Å². The van der Waals surface area contributed by atoms with E-state index < -0.39 is 23.2 Å². The van der Waals surface area contributed by atoms with E-state index in [0.717, 1.165) is 18.6 Å². The average Bonchev–Trinajstić information content (AvgIpc) is 2.39. The summed E-state index contributed by atoms with van der Waals surface area (Å²) in [6.45, 7) is 2.39. The van der Waals surface area contributed by atoms with Crippen molar-refractivity contribution in [1.82, 2.24) is 5.32 Å². The zero-order chi connectivity index (χ0) is 14.3. The van der Waals surface area contributed by atoms with Crippen molar-refractivity contribution in [2.75, 3.05) is 25.6 Å². The van der Waals surface area contributed by atoms with Crippen LogP contribution in [0.25, 0.3) is 0 Å². The van der Waals surface area contributed by atoms with Gasteiger partial charge in [-0.15, -0.1) is 0 Å². The number of benzene rings is 1. The Balaban J connectivity index is 2.51. The summed E-state index contributed by atoms with van der Waals surface area (Å²) in [5.41, 5.74) is -0.422. The minimum absolute atomic E-state index is 0.0289. The van der Waals surface area contributed by atoms with Crippen LogP contribution in [-0.2, 0) is 9.53 Å². The first-order chi connectivity index (χ1) is 9.08. The highest BCUT2D eigenvalue weighted by atomic mass is 19.1. The summed E-state index contributed by atoms with van der Waals surface area (Å²) >= 11 is 0. The van der Waals surface area contributed by atoms with E-state index >= 15 is 0 Å². The Morgan fingerprint density at radius 2 is 2.00 bits per heavy atom. The van der Waals surface area contributed by atoms with Crippen molar-refractivity contribution in [3.8, 4) is 0 Å². The topological polar surface area (TPSA) is 50.4 Å². The summed E-state index contributed by atoms with van der Waals surface area (Å²) < 4.78 is 31.6. The minimum Gasteiger partial charge on any atom is -0.383 e. The van der Waals surface area contributed by atoms with E-state index in [9.17, 15) is 13.6 Å². The van der Waals surface area contributed by atoms with Gasteiger partial charge in [-0.25, -0.2) is 8.78 Å². The Labute approximate surface area is 111 Å². The second-order valence-electron chi connectivity index (χ2n) is 4.09. The summed E-state index contributed by atoms with van der Waals surface area (Å²) in [4.78, 5) is 11.6. The number of carbonyl (C=O) groups excluding carboxylic acids is 1. The number of carbonyl (C=O) groups is 1. The lowest BCUT2D eigenvalue weighted by atomic mass is 10.2. The number of ether oxygens (including phenoxy) is 1. The highest BCUT2D eigenvalue weighted by Gasteiger charge is 2.13. The van der Waals surface area contributed by atoms with Crippen LogP contribution < -0.4 is 10.6 Å². The molecule has 1 rings (SSSR count). The van der Waals surface area contributed by atoms with Crippen molar-refractivity contribution in [3.05, 3.63) is 29.8 Å². The van der Waals surface area contributed by atoms with Crippen LogP contribution in [0.15, 0.2) is 18.2 Å². The van der Waals surface area contributed by atoms with Crippen LogP contribution in [0.3, 0.4) is 0 Å². The number of halogens is 2. The molecule has 19 heavy (non-hydrogen) atoms. The quantitative estimate of drug-likeness (QED) is 0.797. The maximum absolute atomic E-state index is 13.3. The van der Waals surface area contributed by atoms with Gasteiger partial charge in [0.05, 0.1) is 13.2 Å². The smallest absolute Gasteiger partial charge is 0.238 e. The van der Waals surface area contributed by atoms with Gasteiger partial charge in [0.1, 0.15) is 17.3 Å². The fourth-order valence-corrected chi connectivity index (χ4v) is 1.56. The first kappa shape index (κ1) is 15.5. The van der Waals surface area contributed by atoms with Crippen molar-refractivity contribution in [1.29, 1.82) is 0 Å². The van der Waals surface area contributed by atoms with E-state index in [-0.39, 0.29) is 12.6 Å². The van der Waals surface area contributed by atoms with Gasteiger partial charge in [0.2, 0.25) is 5.91 Å². The molecule has 0 fully saturated rings. The molecule has 0 saturated heterocycles. The van der Waals surface area contributed by atoms with Crippen molar-refractivity contribution in [2.45, 2.75) is 19.4 Å². The van der Waals surface area contributed by atoms with E-state index in [1.54, 1.807) is 7.11 Å². The molecular formula is C13H18F2N2O2. The van der Waals surface area contributed by atoms with Crippen molar-refractivity contribution < 1.29 is 18.3 Å². The van der Waals surface area contributed by atoms with E-state index in [4.69, 9.17) is 4.74 Å². The third kappa shape index (κ3) is 4.92. The van der Waals surface area contributed by atoms with E-state index in [1.165, 1.54) is 6.07 Å². The van der Waals surface area contributed by atoms with Crippen molar-refractivity contribution >= 4 is 11.6 Å². The molecule has 0 saturated carbocycles. The molecule has 0 aliphatic heterocycles. The fraction of sp³-hybridized carbons (Fsp3) is 0.462. The van der Waals surface area contributed by atoms with Gasteiger partial charge in [0, 0.05) is 13.2 Å². The van der Waals surface area contributed by atoms with Crippen LogP contribution in [0.2, 0.25) is 0 Å². The van der Waals surface area contributed by atoms with Crippen LogP contribution in [0.5, 0.6) is 0 Å². The summed E-state index contributed by atoms with van der Waals surface area (Å²) in [5, 5.41) is 5.16. The molecule has 1 aromatic rings. The van der Waals surface area contributed by atoms with Crippen LogP contribution in [0, 0.1) is 11.6 Å². The summed E-state index contributed by atoms with van der Waals surface area (Å²) in [6, 6.07) is 3.45. The number of methoxy groups -OCH3 is 1. The SMILES string of the molecule is CCC(COC)NCC(=O)Nc1c(F)cccc1F. The van der Waals surface area contributed by atoms with Gasteiger partial charge in [0.25, 0.3) is 0 Å². The highest BCUT2D eigenvalue weighted by Crippen LogP contribution is 2.17. The average molecular weight is 272 g/mol. The molecule has 1 atom stereocenters. The lowest BCUT2D eigenvalue weighted by Crippen LogP contribution is -2.38. The molecule has 1 aromatic carbocycles. The van der Waals surface area contributed by atoms with Crippen LogP contribution in [0.1, 0.15) is 13.3 Å². The van der Waals surface area contributed by atoms with Gasteiger partial charge in [-0.2, -0.15) is 0 Å². The normalized spacial score (nSPS) is 12.2. The number of hydrogen-bond acceptors (Lipinski definition) is 3. The molecular weight excluding hydrogens is 254 g/mol. The van der Waals surface area contributed by atoms with E-state index in [1.807, 2.05) is 6.92 Å². The molecule has 0 aliphatic rings. The zero-order valence-electron chi connectivity index (χ0n) is 11.0. The number of para-hydroxylation sites is 1. The molecule has 0 aromatic heterocycles. The predicted molar refractivity (Wildman–Crippen MR) is 68.9 cm³/mol. The summed E-state index contributed by atoms with van der Waals surface area (Å²) in [6.07, 6.45) is 0.787. The van der Waals surface area contributed by atoms with Crippen LogP contribution in [0.4, 0.5) is 14.5 Å². The zero-order valence-corrected chi connectivity index (χ0v) is 11.0. The van der Waals surface area contributed by atoms with Gasteiger partial charge in [-0.3, -0.25) is 4.79 Å². The lowest BCUT2D eigenvalue weighted by Gasteiger charge is -2.15. The van der Waals surface area contributed by atoms with Gasteiger partial charge >= 0.3 is 0 Å². The summed E-state index contributed by atoms with van der Waals surface area (Å²) in [5.74, 6) is -2.09. The third-order valence-electron chi connectivity index (χ3n) is 2.64. The Kier molecular flexibility index (Phi) is 6.38. The molecule has 0 aliphatic carbocycles. The Hall–Kier alpha value is -1.53. The fourth-order valence-electron chi connectivity index (χ4n) is 1.56. The second-order valence-corrected chi connectivity index (χ2v) is 4.09. The highest BCUT2D eigenvalue weighted by molar-refractivity contribution is 5.92. The first-order valence-corrected chi connectivity index (χ1v) is 6.04. The molecule has 0 bridgehead atoms. The largest absolute Gasteiger partial charge is 0.383 e. The Bertz CT molecular complexity index is 407. The summed E-state index contributed by atoms with van der Waals surface area (Å²) in [7, 11) is 1.57. The molecule has 1 amide bonds. The number of rotatable bonds is 7. The van der Waals surface area contributed by atoms with Crippen LogP contribution in [-0.4, -0.2) is 32.2 Å². The third-order valence-corrected chi connectivity index (χ3v) is 2.64. The molecule has 4 nitrogen and oxygen atoms in total. The lowest BCUT2D eigenvalue weighted by molar-refractivity contribution is -0.115. The maximum atomic E-state index is 13.3. The van der Waals surface area contributed by atoms with Gasteiger partial charge in [-0.05, 0) is 18.6 Å². The number of amides is 1. The van der Waals surface area contributed by atoms with Crippen LogP contribution >= 0.6 is 0 Å². The van der Waals surface area contributed by atoms with Gasteiger partial charge < -0.3 is 15.4 Å². The van der Waals surface area contributed by atoms with E-state index in [2.05, 4.69) is 10.6 Å². The minimum atomic E-state index is -0.794. The molecule has 1 unspecified atom stereocenters. The molecule has 0 heterocycles. The predicted octanol–water partition coefficient (Wildman–Crippen LogP) is 1.92. The van der Waals surface area contributed by atoms with E-state index in [0.29, 0.717) is 6.61 Å². The second kappa shape index (κ2) is 7.81. The van der Waals surface area contributed by atoms with Gasteiger partial charge in [0.15, 0.2) is 0 Å². The molecule has 0 radical (unpaired) electrons. The molecule has 2 N–H and O–H groups in total. The first-order valence-electron chi connectivity index (χ1n) is 6.04. The standard InChI is InChI=1S/C13H18F2N2O2/c1-3-9(8-19-2)16-7-12(18)17-13-10(14)5-4-6-11(13)15/h4-6,9,16H,3,7-8H2,1-2H3,(H,17,18). The Morgan fingerprint density at radius 1 is 1.37 bits per heavy atom. The van der Waals surface area contributed by atoms with Gasteiger partial charge in [-0.1, -0.05) is 13.0 Å². The Morgan fingerprint density at radius 3 is 2.53 bits per heavy atom. The monoisotopic (exact) mass is 272 g/mol.